The molecule has 0 saturated heterocycles. The molecule has 0 aliphatic carbocycles. The summed E-state index contributed by atoms with van der Waals surface area (Å²) in [7, 11) is 0. The number of benzene rings is 2. The third-order valence-corrected chi connectivity index (χ3v) is 3.33. The maximum absolute atomic E-state index is 13.5. The van der Waals surface area contributed by atoms with Crippen LogP contribution in [-0.2, 0) is 15.8 Å². The van der Waals surface area contributed by atoms with Gasteiger partial charge >= 0.3 is 6.18 Å². The van der Waals surface area contributed by atoms with Gasteiger partial charge < -0.3 is 10.2 Å². The Morgan fingerprint density at radius 3 is 2.24 bits per heavy atom. The Balaban J connectivity index is 2.27. The number of hydrogen-bond acceptors (Lipinski definition) is 2. The van der Waals surface area contributed by atoms with Crippen LogP contribution >= 0.6 is 0 Å². The molecule has 2 aromatic carbocycles. The van der Waals surface area contributed by atoms with Gasteiger partial charge in [-0.3, -0.25) is 9.59 Å². The van der Waals surface area contributed by atoms with E-state index in [0.29, 0.717) is 4.90 Å². The number of para-hydroxylation sites is 2. The van der Waals surface area contributed by atoms with Crippen LogP contribution in [0.1, 0.15) is 12.5 Å². The van der Waals surface area contributed by atoms with Gasteiger partial charge in [0.25, 0.3) is 0 Å². The van der Waals surface area contributed by atoms with Crippen molar-refractivity contribution in [3.63, 3.8) is 0 Å². The first kappa shape index (κ1) is 18.4. The highest BCUT2D eigenvalue weighted by molar-refractivity contribution is 6.02. The van der Waals surface area contributed by atoms with Crippen LogP contribution in [0.3, 0.4) is 0 Å². The van der Waals surface area contributed by atoms with Crippen molar-refractivity contribution < 1.29 is 27.2 Å². The van der Waals surface area contributed by atoms with Gasteiger partial charge in [0.15, 0.2) is 0 Å². The minimum absolute atomic E-state index is 0.125. The van der Waals surface area contributed by atoms with Crippen LogP contribution < -0.4 is 10.2 Å². The zero-order valence-corrected chi connectivity index (χ0v) is 13.1. The Labute approximate surface area is 141 Å². The summed E-state index contributed by atoms with van der Waals surface area (Å²) in [5.74, 6) is -2.27. The molecule has 0 saturated carbocycles. The fraction of sp³-hybridized carbons (Fsp3) is 0.176. The number of carbonyl (C=O) groups is 2. The molecule has 0 aliphatic rings. The summed E-state index contributed by atoms with van der Waals surface area (Å²) in [5.41, 5.74) is -1.60. The summed E-state index contributed by atoms with van der Waals surface area (Å²) in [6.07, 6.45) is -4.69. The highest BCUT2D eigenvalue weighted by Gasteiger charge is 2.35. The van der Waals surface area contributed by atoms with Crippen molar-refractivity contribution in [3.05, 3.63) is 59.9 Å². The minimum atomic E-state index is -4.69. The number of halogens is 4. The topological polar surface area (TPSA) is 49.4 Å². The van der Waals surface area contributed by atoms with Gasteiger partial charge in [-0.05, 0) is 24.3 Å². The van der Waals surface area contributed by atoms with Crippen LogP contribution in [0.15, 0.2) is 48.5 Å². The van der Waals surface area contributed by atoms with E-state index in [1.165, 1.54) is 30.3 Å². The number of rotatable bonds is 4. The zero-order chi connectivity index (χ0) is 18.6. The standard InChI is InChI=1S/C17H14F4N2O2/c1-11(24)23(15-9-5-2-6-12(15)17(19,20)21)10-16(25)22-14-8-4-3-7-13(14)18/h2-9H,10H2,1H3,(H,22,25). The molecule has 132 valence electrons. The predicted octanol–water partition coefficient (Wildman–Crippen LogP) is 3.84. The Morgan fingerprint density at radius 1 is 1.04 bits per heavy atom. The fourth-order valence-corrected chi connectivity index (χ4v) is 2.21. The molecule has 25 heavy (non-hydrogen) atoms. The molecule has 8 heteroatoms. The highest BCUT2D eigenvalue weighted by atomic mass is 19.4. The third-order valence-electron chi connectivity index (χ3n) is 3.33. The van der Waals surface area contributed by atoms with E-state index in [4.69, 9.17) is 0 Å². The van der Waals surface area contributed by atoms with Gasteiger partial charge in [0.1, 0.15) is 12.4 Å². The second kappa shape index (κ2) is 7.33. The second-order valence-electron chi connectivity index (χ2n) is 5.15. The van der Waals surface area contributed by atoms with Gasteiger partial charge in [-0.15, -0.1) is 0 Å². The van der Waals surface area contributed by atoms with E-state index in [2.05, 4.69) is 5.32 Å². The molecule has 0 heterocycles. The molecular weight excluding hydrogens is 340 g/mol. The maximum Gasteiger partial charge on any atom is 0.418 e. The van der Waals surface area contributed by atoms with E-state index in [-0.39, 0.29) is 5.69 Å². The van der Waals surface area contributed by atoms with Crippen molar-refractivity contribution in [2.45, 2.75) is 13.1 Å². The molecule has 2 aromatic rings. The molecule has 0 aliphatic heterocycles. The fourth-order valence-electron chi connectivity index (χ4n) is 2.21. The molecule has 0 unspecified atom stereocenters. The molecule has 0 atom stereocenters. The first-order chi connectivity index (χ1) is 11.7. The van der Waals surface area contributed by atoms with Gasteiger partial charge in [-0.1, -0.05) is 24.3 Å². The van der Waals surface area contributed by atoms with Crippen LogP contribution in [-0.4, -0.2) is 18.4 Å². The number of hydrogen-bond donors (Lipinski definition) is 1. The van der Waals surface area contributed by atoms with E-state index in [1.807, 2.05) is 0 Å². The molecule has 2 amide bonds. The van der Waals surface area contributed by atoms with Crippen molar-refractivity contribution in [1.29, 1.82) is 0 Å². The van der Waals surface area contributed by atoms with Crippen molar-refractivity contribution in [2.75, 3.05) is 16.8 Å². The van der Waals surface area contributed by atoms with E-state index >= 15 is 0 Å². The van der Waals surface area contributed by atoms with Crippen LogP contribution in [0.25, 0.3) is 0 Å². The SMILES string of the molecule is CC(=O)N(CC(=O)Nc1ccccc1F)c1ccccc1C(F)(F)F. The van der Waals surface area contributed by atoms with E-state index in [0.717, 1.165) is 25.1 Å². The molecule has 0 radical (unpaired) electrons. The summed E-state index contributed by atoms with van der Waals surface area (Å²) >= 11 is 0. The number of amides is 2. The Kier molecular flexibility index (Phi) is 5.41. The lowest BCUT2D eigenvalue weighted by Gasteiger charge is -2.24. The summed E-state index contributed by atoms with van der Waals surface area (Å²) in [5, 5.41) is 2.23. The molecule has 2 rings (SSSR count). The Morgan fingerprint density at radius 2 is 1.64 bits per heavy atom. The maximum atomic E-state index is 13.5. The lowest BCUT2D eigenvalue weighted by Crippen LogP contribution is -2.38. The summed E-state index contributed by atoms with van der Waals surface area (Å²) in [6.45, 7) is 0.361. The second-order valence-corrected chi connectivity index (χ2v) is 5.15. The van der Waals surface area contributed by atoms with Gasteiger partial charge in [0.05, 0.1) is 16.9 Å². The van der Waals surface area contributed by atoms with Crippen LogP contribution in [0, 0.1) is 5.82 Å². The highest BCUT2D eigenvalue weighted by Crippen LogP contribution is 2.36. The van der Waals surface area contributed by atoms with E-state index in [9.17, 15) is 27.2 Å². The molecule has 0 spiro atoms. The quantitative estimate of drug-likeness (QED) is 0.849. The van der Waals surface area contributed by atoms with Gasteiger partial charge in [0, 0.05) is 6.92 Å². The Bertz CT molecular complexity index is 790. The van der Waals surface area contributed by atoms with Gasteiger partial charge in [-0.25, -0.2) is 4.39 Å². The van der Waals surface area contributed by atoms with Gasteiger partial charge in [-0.2, -0.15) is 13.2 Å². The number of alkyl halides is 3. The van der Waals surface area contributed by atoms with Crippen LogP contribution in [0.4, 0.5) is 28.9 Å². The smallest absolute Gasteiger partial charge is 0.322 e. The first-order valence-corrected chi connectivity index (χ1v) is 7.19. The number of anilines is 2. The molecule has 0 aromatic heterocycles. The average molecular weight is 354 g/mol. The van der Waals surface area contributed by atoms with Crippen molar-refractivity contribution >= 4 is 23.2 Å². The lowest BCUT2D eigenvalue weighted by molar-refractivity contribution is -0.137. The number of nitrogens with zero attached hydrogens (tertiary/aromatic N) is 1. The third kappa shape index (κ3) is 4.56. The zero-order valence-electron chi connectivity index (χ0n) is 13.1. The molecule has 4 nitrogen and oxygen atoms in total. The number of carbonyl (C=O) groups excluding carboxylic acids is 2. The first-order valence-electron chi connectivity index (χ1n) is 7.19. The largest absolute Gasteiger partial charge is 0.418 e. The van der Waals surface area contributed by atoms with E-state index < -0.39 is 41.6 Å². The summed E-state index contributed by atoms with van der Waals surface area (Å²) in [4.78, 5) is 24.5. The monoisotopic (exact) mass is 354 g/mol. The summed E-state index contributed by atoms with van der Waals surface area (Å²) in [6, 6.07) is 9.76. The van der Waals surface area contributed by atoms with Crippen molar-refractivity contribution in [3.8, 4) is 0 Å². The van der Waals surface area contributed by atoms with Crippen LogP contribution in [0.2, 0.25) is 0 Å². The lowest BCUT2D eigenvalue weighted by atomic mass is 10.1. The normalized spacial score (nSPS) is 11.1. The van der Waals surface area contributed by atoms with Crippen LogP contribution in [0.5, 0.6) is 0 Å². The Hall–Kier alpha value is -2.90. The molecule has 1 N–H and O–H groups in total. The minimum Gasteiger partial charge on any atom is -0.322 e. The van der Waals surface area contributed by atoms with Crippen molar-refractivity contribution in [1.82, 2.24) is 0 Å². The predicted molar refractivity (Wildman–Crippen MR) is 84.5 cm³/mol. The summed E-state index contributed by atoms with van der Waals surface area (Å²) < 4.78 is 52.9. The van der Waals surface area contributed by atoms with Crippen molar-refractivity contribution in [2.24, 2.45) is 0 Å². The molecular formula is C17H14F4N2O2. The van der Waals surface area contributed by atoms with E-state index in [1.54, 1.807) is 0 Å². The average Bonchev–Trinajstić information content (AvgIpc) is 2.54. The van der Waals surface area contributed by atoms with Gasteiger partial charge in [0.2, 0.25) is 11.8 Å². The number of nitrogens with one attached hydrogen (secondary N) is 1. The molecule has 0 fully saturated rings. The molecule has 0 bridgehead atoms.